The summed E-state index contributed by atoms with van der Waals surface area (Å²) in [7, 11) is 0. The Balaban J connectivity index is 2.12. The molecule has 1 saturated heterocycles. The van der Waals surface area contributed by atoms with Crippen LogP contribution in [-0.2, 0) is 0 Å². The summed E-state index contributed by atoms with van der Waals surface area (Å²) in [6, 6.07) is 6.25. The average molecular weight is 240 g/mol. The molecule has 2 rings (SSSR count). The summed E-state index contributed by atoms with van der Waals surface area (Å²) >= 11 is 0. The first-order chi connectivity index (χ1) is 8.20. The van der Waals surface area contributed by atoms with Gasteiger partial charge in [0.15, 0.2) is 0 Å². The van der Waals surface area contributed by atoms with Gasteiger partial charge in [-0.2, -0.15) is 0 Å². The standard InChI is InChI=1S/C13H18F2N2/c1-10-9-17(7-6-16-10)13(8-14)11-2-4-12(15)5-3-11/h2-5,10,13,16H,6-9H2,1H3/t10-,13+/m1/s1. The molecule has 1 aliphatic heterocycles. The first-order valence-corrected chi connectivity index (χ1v) is 5.99. The maximum absolute atomic E-state index is 13.2. The van der Waals surface area contributed by atoms with Crippen molar-refractivity contribution in [2.75, 3.05) is 26.3 Å². The molecule has 0 unspecified atom stereocenters. The van der Waals surface area contributed by atoms with E-state index in [-0.39, 0.29) is 11.9 Å². The summed E-state index contributed by atoms with van der Waals surface area (Å²) in [6.07, 6.45) is 0. The molecule has 0 amide bonds. The number of nitrogens with zero attached hydrogens (tertiary/aromatic N) is 1. The van der Waals surface area contributed by atoms with Crippen LogP contribution < -0.4 is 5.32 Å². The van der Waals surface area contributed by atoms with E-state index >= 15 is 0 Å². The van der Waals surface area contributed by atoms with E-state index in [1.807, 2.05) is 0 Å². The Morgan fingerprint density at radius 3 is 2.71 bits per heavy atom. The molecule has 1 aromatic rings. The van der Waals surface area contributed by atoms with Gasteiger partial charge in [-0.1, -0.05) is 12.1 Å². The molecule has 1 aromatic carbocycles. The van der Waals surface area contributed by atoms with Crippen molar-refractivity contribution in [2.24, 2.45) is 0 Å². The van der Waals surface area contributed by atoms with Gasteiger partial charge in [-0.05, 0) is 24.6 Å². The highest BCUT2D eigenvalue weighted by Gasteiger charge is 2.24. The topological polar surface area (TPSA) is 15.3 Å². The second-order valence-corrected chi connectivity index (χ2v) is 4.57. The number of rotatable bonds is 3. The summed E-state index contributed by atoms with van der Waals surface area (Å²) in [6.45, 7) is 4.19. The minimum Gasteiger partial charge on any atom is -0.312 e. The van der Waals surface area contributed by atoms with Gasteiger partial charge in [0, 0.05) is 25.7 Å². The van der Waals surface area contributed by atoms with Gasteiger partial charge in [0.25, 0.3) is 0 Å². The molecule has 0 saturated carbocycles. The van der Waals surface area contributed by atoms with E-state index in [9.17, 15) is 8.78 Å². The quantitative estimate of drug-likeness (QED) is 0.870. The summed E-state index contributed by atoms with van der Waals surface area (Å²) in [5, 5.41) is 3.33. The van der Waals surface area contributed by atoms with Gasteiger partial charge in [-0.3, -0.25) is 4.90 Å². The van der Waals surface area contributed by atoms with E-state index in [0.717, 1.165) is 25.2 Å². The molecule has 0 aromatic heterocycles. The molecular weight excluding hydrogens is 222 g/mol. The molecule has 1 aliphatic rings. The molecule has 2 nitrogen and oxygen atoms in total. The van der Waals surface area contributed by atoms with Crippen molar-refractivity contribution in [1.29, 1.82) is 0 Å². The third-order valence-electron chi connectivity index (χ3n) is 3.24. The van der Waals surface area contributed by atoms with Gasteiger partial charge < -0.3 is 5.32 Å². The molecule has 4 heteroatoms. The minimum absolute atomic E-state index is 0.250. The Bertz CT molecular complexity index is 353. The second kappa shape index (κ2) is 5.56. The van der Waals surface area contributed by atoms with Gasteiger partial charge in [0.05, 0.1) is 6.04 Å². The third kappa shape index (κ3) is 3.01. The molecule has 0 bridgehead atoms. The largest absolute Gasteiger partial charge is 0.312 e. The molecular formula is C13H18F2N2. The third-order valence-corrected chi connectivity index (χ3v) is 3.24. The van der Waals surface area contributed by atoms with Crippen LogP contribution in [0.3, 0.4) is 0 Å². The van der Waals surface area contributed by atoms with Gasteiger partial charge in [-0.15, -0.1) is 0 Å². The van der Waals surface area contributed by atoms with Crippen LogP contribution in [0.2, 0.25) is 0 Å². The summed E-state index contributed by atoms with van der Waals surface area (Å²) < 4.78 is 26.0. The van der Waals surface area contributed by atoms with Gasteiger partial charge >= 0.3 is 0 Å². The molecule has 94 valence electrons. The predicted octanol–water partition coefficient (Wildman–Crippen LogP) is 2.13. The van der Waals surface area contributed by atoms with Crippen LogP contribution in [0.1, 0.15) is 18.5 Å². The van der Waals surface area contributed by atoms with Gasteiger partial charge in [0.2, 0.25) is 0 Å². The Morgan fingerprint density at radius 1 is 1.41 bits per heavy atom. The van der Waals surface area contributed by atoms with Crippen LogP contribution in [0.25, 0.3) is 0 Å². The zero-order chi connectivity index (χ0) is 12.3. The fourth-order valence-electron chi connectivity index (χ4n) is 2.33. The SMILES string of the molecule is C[C@@H]1CN([C@@H](CF)c2ccc(F)cc2)CCN1. The van der Waals surface area contributed by atoms with Crippen LogP contribution in [-0.4, -0.2) is 37.3 Å². The van der Waals surface area contributed by atoms with Crippen molar-refractivity contribution < 1.29 is 8.78 Å². The lowest BCUT2D eigenvalue weighted by Gasteiger charge is -2.36. The van der Waals surface area contributed by atoms with Crippen LogP contribution in [0.4, 0.5) is 8.78 Å². The lowest BCUT2D eigenvalue weighted by Crippen LogP contribution is -2.50. The average Bonchev–Trinajstić information content (AvgIpc) is 2.33. The zero-order valence-electron chi connectivity index (χ0n) is 10.00. The summed E-state index contributed by atoms with van der Waals surface area (Å²) in [5.74, 6) is -0.278. The smallest absolute Gasteiger partial charge is 0.123 e. The fourth-order valence-corrected chi connectivity index (χ4v) is 2.33. The molecule has 1 heterocycles. The first kappa shape index (κ1) is 12.5. The maximum Gasteiger partial charge on any atom is 0.123 e. The Hall–Kier alpha value is -1.00. The highest BCUT2D eigenvalue weighted by atomic mass is 19.1. The van der Waals surface area contributed by atoms with Crippen molar-refractivity contribution >= 4 is 0 Å². The van der Waals surface area contributed by atoms with Crippen LogP contribution in [0.15, 0.2) is 24.3 Å². The lowest BCUT2D eigenvalue weighted by atomic mass is 10.0. The Labute approximate surface area is 101 Å². The van der Waals surface area contributed by atoms with E-state index in [2.05, 4.69) is 17.1 Å². The van der Waals surface area contributed by atoms with Crippen molar-refractivity contribution in [3.05, 3.63) is 35.6 Å². The van der Waals surface area contributed by atoms with Crippen LogP contribution in [0.5, 0.6) is 0 Å². The maximum atomic E-state index is 13.2. The van der Waals surface area contributed by atoms with E-state index < -0.39 is 6.67 Å². The number of alkyl halides is 1. The molecule has 0 aliphatic carbocycles. The Morgan fingerprint density at radius 2 is 2.12 bits per heavy atom. The second-order valence-electron chi connectivity index (χ2n) is 4.57. The van der Waals surface area contributed by atoms with Crippen molar-refractivity contribution in [3.8, 4) is 0 Å². The summed E-state index contributed by atoms with van der Waals surface area (Å²) in [5.41, 5.74) is 0.850. The zero-order valence-corrected chi connectivity index (χ0v) is 10.00. The van der Waals surface area contributed by atoms with Crippen molar-refractivity contribution in [3.63, 3.8) is 0 Å². The van der Waals surface area contributed by atoms with E-state index in [4.69, 9.17) is 0 Å². The van der Waals surface area contributed by atoms with Crippen LogP contribution >= 0.6 is 0 Å². The highest BCUT2D eigenvalue weighted by Crippen LogP contribution is 2.22. The lowest BCUT2D eigenvalue weighted by molar-refractivity contribution is 0.127. The molecule has 0 spiro atoms. The molecule has 17 heavy (non-hydrogen) atoms. The number of nitrogens with one attached hydrogen (secondary N) is 1. The number of piperazine rings is 1. The number of benzene rings is 1. The minimum atomic E-state index is -0.432. The summed E-state index contributed by atoms with van der Waals surface area (Å²) in [4.78, 5) is 2.12. The highest BCUT2D eigenvalue weighted by molar-refractivity contribution is 5.20. The van der Waals surface area contributed by atoms with Gasteiger partial charge in [-0.25, -0.2) is 8.78 Å². The van der Waals surface area contributed by atoms with E-state index in [1.54, 1.807) is 12.1 Å². The normalized spacial score (nSPS) is 23.6. The Kier molecular flexibility index (Phi) is 4.07. The number of hydrogen-bond donors (Lipinski definition) is 1. The van der Waals surface area contributed by atoms with Crippen molar-refractivity contribution in [1.82, 2.24) is 10.2 Å². The number of halogens is 2. The van der Waals surface area contributed by atoms with Crippen molar-refractivity contribution in [2.45, 2.75) is 19.0 Å². The van der Waals surface area contributed by atoms with Gasteiger partial charge in [0.1, 0.15) is 12.5 Å². The molecule has 0 radical (unpaired) electrons. The predicted molar refractivity (Wildman–Crippen MR) is 64.2 cm³/mol. The monoisotopic (exact) mass is 240 g/mol. The molecule has 2 atom stereocenters. The van der Waals surface area contributed by atoms with E-state index in [0.29, 0.717) is 6.04 Å². The van der Waals surface area contributed by atoms with E-state index in [1.165, 1.54) is 12.1 Å². The number of hydrogen-bond acceptors (Lipinski definition) is 2. The molecule has 1 fully saturated rings. The van der Waals surface area contributed by atoms with Crippen LogP contribution in [0, 0.1) is 5.82 Å². The first-order valence-electron chi connectivity index (χ1n) is 5.99. The fraction of sp³-hybridized carbons (Fsp3) is 0.538. The molecule has 1 N–H and O–H groups in total.